The number of ether oxygens (including phenoxy) is 1. The topological polar surface area (TPSA) is 63.7 Å². The highest BCUT2D eigenvalue weighted by Gasteiger charge is 2.43. The van der Waals surface area contributed by atoms with Gasteiger partial charge >= 0.3 is 0 Å². The Bertz CT molecular complexity index is 557. The normalized spacial score (nSPS) is 21.3. The predicted octanol–water partition coefficient (Wildman–Crippen LogP) is 1.92. The van der Waals surface area contributed by atoms with Gasteiger partial charge in [-0.2, -0.15) is 5.10 Å². The summed E-state index contributed by atoms with van der Waals surface area (Å²) < 4.78 is 5.50. The Kier molecular flexibility index (Phi) is 2.28. The number of fused-ring (bicyclic) bond motifs is 2. The summed E-state index contributed by atoms with van der Waals surface area (Å²) in [5, 5.41) is 7.77. The first-order valence-electron chi connectivity index (χ1n) is 6.31. The molecule has 3 heterocycles. The van der Waals surface area contributed by atoms with E-state index in [1.165, 1.54) is 23.3 Å². The fraction of sp³-hybridized carbons (Fsp3) is 0.583. The number of nitrogens with zero attached hydrogens (tertiary/aromatic N) is 3. The molecule has 0 saturated carbocycles. The maximum Gasteiger partial charge on any atom is 0.184 e. The molecule has 0 amide bonds. The minimum atomic E-state index is 0.280. The van der Waals surface area contributed by atoms with E-state index in [-0.39, 0.29) is 5.41 Å². The minimum absolute atomic E-state index is 0.280. The summed E-state index contributed by atoms with van der Waals surface area (Å²) in [5.41, 5.74) is 1.59. The molecule has 1 spiro atoms. The van der Waals surface area contributed by atoms with Crippen LogP contribution in [-0.2, 0) is 16.6 Å². The van der Waals surface area contributed by atoms with Gasteiger partial charge in [0.1, 0.15) is 6.33 Å². The van der Waals surface area contributed by atoms with Crippen LogP contribution in [0.25, 0.3) is 10.8 Å². The number of hydrogen-bond acceptors (Lipinski definition) is 5. The summed E-state index contributed by atoms with van der Waals surface area (Å²) in [6.07, 6.45) is 6.15. The highest BCUT2D eigenvalue weighted by Crippen LogP contribution is 2.48. The van der Waals surface area contributed by atoms with E-state index in [0.717, 1.165) is 43.3 Å². The molecular weight excluding hydrogens is 248 g/mol. The molecule has 6 heteroatoms. The molecule has 18 heavy (non-hydrogen) atoms. The maximum absolute atomic E-state index is 5.50. The van der Waals surface area contributed by atoms with E-state index in [4.69, 9.17) is 9.72 Å². The van der Waals surface area contributed by atoms with E-state index in [2.05, 4.69) is 15.2 Å². The SMILES string of the molecule is c1n[nH]c(-c2nc3c(s2)CCC32CCOCC2)n1. The van der Waals surface area contributed by atoms with Crippen molar-refractivity contribution in [2.45, 2.75) is 31.1 Å². The van der Waals surface area contributed by atoms with Gasteiger partial charge < -0.3 is 4.74 Å². The lowest BCUT2D eigenvalue weighted by Gasteiger charge is -2.32. The molecule has 94 valence electrons. The predicted molar refractivity (Wildman–Crippen MR) is 67.5 cm³/mol. The van der Waals surface area contributed by atoms with E-state index >= 15 is 0 Å². The van der Waals surface area contributed by atoms with Crippen LogP contribution in [-0.4, -0.2) is 33.4 Å². The second-order valence-corrected chi connectivity index (χ2v) is 6.10. The van der Waals surface area contributed by atoms with Crippen LogP contribution in [0.2, 0.25) is 0 Å². The molecule has 1 aliphatic carbocycles. The van der Waals surface area contributed by atoms with Gasteiger partial charge in [-0.25, -0.2) is 9.97 Å². The molecule has 0 bridgehead atoms. The summed E-state index contributed by atoms with van der Waals surface area (Å²) in [7, 11) is 0. The summed E-state index contributed by atoms with van der Waals surface area (Å²) in [4.78, 5) is 10.5. The van der Waals surface area contributed by atoms with Crippen LogP contribution < -0.4 is 0 Å². The van der Waals surface area contributed by atoms with Crippen molar-refractivity contribution in [1.82, 2.24) is 20.2 Å². The van der Waals surface area contributed by atoms with Crippen LogP contribution in [0.3, 0.4) is 0 Å². The van der Waals surface area contributed by atoms with Gasteiger partial charge in [0.2, 0.25) is 0 Å². The summed E-state index contributed by atoms with van der Waals surface area (Å²) >= 11 is 1.76. The molecule has 4 rings (SSSR count). The first-order valence-corrected chi connectivity index (χ1v) is 7.13. The lowest BCUT2D eigenvalue weighted by atomic mass is 9.78. The molecule has 0 unspecified atom stereocenters. The molecule has 1 aliphatic heterocycles. The van der Waals surface area contributed by atoms with Crippen molar-refractivity contribution in [3.63, 3.8) is 0 Å². The van der Waals surface area contributed by atoms with Crippen molar-refractivity contribution >= 4 is 11.3 Å². The second-order valence-electron chi connectivity index (χ2n) is 5.02. The van der Waals surface area contributed by atoms with Crippen LogP contribution >= 0.6 is 11.3 Å². The van der Waals surface area contributed by atoms with E-state index in [1.54, 1.807) is 11.3 Å². The number of H-pyrrole nitrogens is 1. The minimum Gasteiger partial charge on any atom is -0.381 e. The number of aryl methyl sites for hydroxylation is 1. The molecule has 0 atom stereocenters. The van der Waals surface area contributed by atoms with E-state index in [9.17, 15) is 0 Å². The number of aromatic nitrogens is 4. The van der Waals surface area contributed by atoms with Crippen LogP contribution in [0.1, 0.15) is 29.8 Å². The van der Waals surface area contributed by atoms with Crippen molar-refractivity contribution in [1.29, 1.82) is 0 Å². The number of rotatable bonds is 1. The standard InChI is InChI=1S/C12H14N4OS/c1-2-12(3-5-17-6-4-12)9-8(1)18-11(15-9)10-13-7-14-16-10/h7H,1-6H2,(H,13,14,16). The lowest BCUT2D eigenvalue weighted by Crippen LogP contribution is -2.32. The van der Waals surface area contributed by atoms with Crippen molar-refractivity contribution in [2.75, 3.05) is 13.2 Å². The summed E-state index contributed by atoms with van der Waals surface area (Å²) in [6, 6.07) is 0. The highest BCUT2D eigenvalue weighted by molar-refractivity contribution is 7.15. The van der Waals surface area contributed by atoms with Gasteiger partial charge in [0.15, 0.2) is 10.8 Å². The average Bonchev–Trinajstić information content (AvgIpc) is 3.09. The Labute approximate surface area is 109 Å². The van der Waals surface area contributed by atoms with Crippen LogP contribution in [0.4, 0.5) is 0 Å². The number of aromatic amines is 1. The molecule has 2 aliphatic rings. The average molecular weight is 262 g/mol. The Balaban J connectivity index is 1.76. The lowest BCUT2D eigenvalue weighted by molar-refractivity contribution is 0.0494. The number of nitrogens with one attached hydrogen (secondary N) is 1. The zero-order valence-corrected chi connectivity index (χ0v) is 10.8. The molecule has 2 aromatic rings. The molecular formula is C12H14N4OS. The summed E-state index contributed by atoms with van der Waals surface area (Å²) in [5.74, 6) is 0.789. The van der Waals surface area contributed by atoms with Gasteiger partial charge in [0, 0.05) is 23.5 Å². The third kappa shape index (κ3) is 1.45. The number of hydrogen-bond donors (Lipinski definition) is 1. The quantitative estimate of drug-likeness (QED) is 0.853. The van der Waals surface area contributed by atoms with E-state index in [1.807, 2.05) is 0 Å². The second kappa shape index (κ2) is 3.86. The van der Waals surface area contributed by atoms with Crippen molar-refractivity contribution in [3.05, 3.63) is 16.9 Å². The molecule has 0 radical (unpaired) electrons. The monoisotopic (exact) mass is 262 g/mol. The highest BCUT2D eigenvalue weighted by atomic mass is 32.1. The fourth-order valence-electron chi connectivity index (χ4n) is 3.07. The van der Waals surface area contributed by atoms with Gasteiger partial charge in [-0.1, -0.05) is 0 Å². The zero-order valence-electron chi connectivity index (χ0n) is 9.98. The van der Waals surface area contributed by atoms with Gasteiger partial charge in [0.05, 0.1) is 5.69 Å². The zero-order chi connectivity index (χ0) is 12.0. The maximum atomic E-state index is 5.50. The third-order valence-electron chi connectivity index (χ3n) is 4.10. The Morgan fingerprint density at radius 1 is 1.28 bits per heavy atom. The molecule has 0 aromatic carbocycles. The van der Waals surface area contributed by atoms with Gasteiger partial charge in [-0.05, 0) is 25.7 Å². The third-order valence-corrected chi connectivity index (χ3v) is 5.22. The van der Waals surface area contributed by atoms with Crippen molar-refractivity contribution < 1.29 is 4.74 Å². The van der Waals surface area contributed by atoms with Crippen LogP contribution in [0.15, 0.2) is 6.33 Å². The first-order chi connectivity index (χ1) is 8.87. The largest absolute Gasteiger partial charge is 0.381 e. The Hall–Kier alpha value is -1.27. The molecule has 2 aromatic heterocycles. The van der Waals surface area contributed by atoms with Gasteiger partial charge in [0.25, 0.3) is 0 Å². The van der Waals surface area contributed by atoms with E-state index in [0.29, 0.717) is 0 Å². The van der Waals surface area contributed by atoms with Gasteiger partial charge in [-0.15, -0.1) is 11.3 Å². The molecule has 1 N–H and O–H groups in total. The smallest absolute Gasteiger partial charge is 0.184 e. The summed E-state index contributed by atoms with van der Waals surface area (Å²) in [6.45, 7) is 1.74. The Morgan fingerprint density at radius 3 is 2.94 bits per heavy atom. The van der Waals surface area contributed by atoms with Crippen LogP contribution in [0, 0.1) is 0 Å². The van der Waals surface area contributed by atoms with Crippen molar-refractivity contribution in [2.24, 2.45) is 0 Å². The molecule has 5 nitrogen and oxygen atoms in total. The van der Waals surface area contributed by atoms with Crippen LogP contribution in [0.5, 0.6) is 0 Å². The number of thiazole rings is 1. The van der Waals surface area contributed by atoms with E-state index < -0.39 is 0 Å². The molecule has 1 fully saturated rings. The van der Waals surface area contributed by atoms with Gasteiger partial charge in [-0.3, -0.25) is 5.10 Å². The molecule has 1 saturated heterocycles. The van der Waals surface area contributed by atoms with Crippen molar-refractivity contribution in [3.8, 4) is 10.8 Å². The fourth-order valence-corrected chi connectivity index (χ4v) is 4.19. The first kappa shape index (κ1) is 10.6. The Morgan fingerprint density at radius 2 is 2.17 bits per heavy atom.